The number of benzene rings is 1. The summed E-state index contributed by atoms with van der Waals surface area (Å²) in [5.74, 6) is -0.475. The van der Waals surface area contributed by atoms with Crippen LogP contribution in [0.2, 0.25) is 5.02 Å². The van der Waals surface area contributed by atoms with Gasteiger partial charge < -0.3 is 16.0 Å². The molecule has 0 saturated heterocycles. The van der Waals surface area contributed by atoms with Crippen molar-refractivity contribution < 1.29 is 18.0 Å². The first-order valence-corrected chi connectivity index (χ1v) is 10.1. The Labute approximate surface area is 185 Å². The van der Waals surface area contributed by atoms with Gasteiger partial charge in [0.25, 0.3) is 0 Å². The van der Waals surface area contributed by atoms with Gasteiger partial charge in [0.2, 0.25) is 9.70 Å². The lowest BCUT2D eigenvalue weighted by atomic mass is 10.1. The third-order valence-corrected chi connectivity index (χ3v) is 5.36. The van der Waals surface area contributed by atoms with Crippen LogP contribution in [0.3, 0.4) is 0 Å². The van der Waals surface area contributed by atoms with E-state index < -0.39 is 21.7 Å². The summed E-state index contributed by atoms with van der Waals surface area (Å²) in [5, 5.41) is 7.54. The monoisotopic (exact) mass is 495 g/mol. The molecule has 1 aromatic carbocycles. The molecule has 4 nitrogen and oxygen atoms in total. The molecular formula is C16H16Cl4F3N3OS. The molecule has 1 aliphatic carbocycles. The molecular weight excluding hydrogens is 481 g/mol. The number of hydrogen-bond acceptors (Lipinski definition) is 2. The van der Waals surface area contributed by atoms with E-state index in [1.165, 1.54) is 0 Å². The van der Waals surface area contributed by atoms with Crippen LogP contribution in [0.1, 0.15) is 31.2 Å². The number of amides is 1. The van der Waals surface area contributed by atoms with E-state index in [0.29, 0.717) is 0 Å². The lowest BCUT2D eigenvalue weighted by molar-refractivity contribution is -0.137. The molecule has 0 heterocycles. The molecule has 12 heteroatoms. The number of anilines is 1. The van der Waals surface area contributed by atoms with Crippen molar-refractivity contribution in [2.75, 3.05) is 5.32 Å². The van der Waals surface area contributed by atoms with Gasteiger partial charge in [0.05, 0.1) is 16.3 Å². The van der Waals surface area contributed by atoms with Gasteiger partial charge in [0, 0.05) is 5.92 Å². The van der Waals surface area contributed by atoms with Crippen molar-refractivity contribution in [2.24, 2.45) is 5.92 Å². The van der Waals surface area contributed by atoms with Crippen molar-refractivity contribution in [3.05, 3.63) is 28.8 Å². The minimum Gasteiger partial charge on any atom is -0.339 e. The summed E-state index contributed by atoms with van der Waals surface area (Å²) < 4.78 is 36.7. The normalized spacial score (nSPS) is 16.5. The Hall–Kier alpha value is -0.670. The Kier molecular flexibility index (Phi) is 7.95. The van der Waals surface area contributed by atoms with Crippen molar-refractivity contribution in [1.29, 1.82) is 0 Å². The molecule has 0 aromatic heterocycles. The van der Waals surface area contributed by atoms with Gasteiger partial charge in [0.1, 0.15) is 6.17 Å². The van der Waals surface area contributed by atoms with Crippen molar-refractivity contribution in [3.63, 3.8) is 0 Å². The number of hydrogen-bond donors (Lipinski definition) is 3. The zero-order valence-electron chi connectivity index (χ0n) is 14.2. The summed E-state index contributed by atoms with van der Waals surface area (Å²) in [4.78, 5) is 12.3. The van der Waals surface area contributed by atoms with E-state index in [4.69, 9.17) is 58.6 Å². The summed E-state index contributed by atoms with van der Waals surface area (Å²) in [6.07, 6.45) is -2.39. The fourth-order valence-electron chi connectivity index (χ4n) is 2.73. The minimum atomic E-state index is -4.55. The average molecular weight is 497 g/mol. The van der Waals surface area contributed by atoms with E-state index >= 15 is 0 Å². The Balaban J connectivity index is 2.08. The Morgan fingerprint density at radius 3 is 2.29 bits per heavy atom. The van der Waals surface area contributed by atoms with E-state index in [9.17, 15) is 18.0 Å². The summed E-state index contributed by atoms with van der Waals surface area (Å²) in [7, 11) is 0. The van der Waals surface area contributed by atoms with Gasteiger partial charge in [-0.15, -0.1) is 0 Å². The topological polar surface area (TPSA) is 53.2 Å². The van der Waals surface area contributed by atoms with Crippen LogP contribution < -0.4 is 16.0 Å². The van der Waals surface area contributed by atoms with Crippen LogP contribution in [0.15, 0.2) is 18.2 Å². The highest BCUT2D eigenvalue weighted by Crippen LogP contribution is 2.34. The molecule has 2 rings (SSSR count). The van der Waals surface area contributed by atoms with E-state index in [1.807, 2.05) is 0 Å². The van der Waals surface area contributed by atoms with Crippen molar-refractivity contribution in [2.45, 2.75) is 41.8 Å². The van der Waals surface area contributed by atoms with Gasteiger partial charge in [-0.05, 0) is 43.3 Å². The van der Waals surface area contributed by atoms with Gasteiger partial charge in [-0.25, -0.2) is 0 Å². The number of alkyl halides is 6. The largest absolute Gasteiger partial charge is 0.416 e. The van der Waals surface area contributed by atoms with E-state index in [2.05, 4.69) is 16.0 Å². The van der Waals surface area contributed by atoms with Gasteiger partial charge in [-0.3, -0.25) is 4.79 Å². The van der Waals surface area contributed by atoms with Crippen LogP contribution >= 0.6 is 58.6 Å². The SMILES string of the molecule is O=C(N[C@H](NC(=S)Nc1cc(C(F)(F)F)ccc1Cl)C(Cl)(Cl)Cl)C1CCCC1. The lowest BCUT2D eigenvalue weighted by Crippen LogP contribution is -2.57. The molecule has 0 spiro atoms. The summed E-state index contributed by atoms with van der Waals surface area (Å²) in [5.41, 5.74) is -0.992. The highest BCUT2D eigenvalue weighted by Gasteiger charge is 2.37. The van der Waals surface area contributed by atoms with E-state index in [1.54, 1.807) is 0 Å². The minimum absolute atomic E-state index is 0.0116. The maximum atomic E-state index is 12.9. The van der Waals surface area contributed by atoms with Gasteiger partial charge in [-0.1, -0.05) is 59.2 Å². The second kappa shape index (κ2) is 9.43. The number of thiocarbonyl (C=S) groups is 1. The number of nitrogens with one attached hydrogen (secondary N) is 3. The first-order valence-electron chi connectivity index (χ1n) is 8.19. The van der Waals surface area contributed by atoms with Gasteiger partial charge >= 0.3 is 6.18 Å². The fraction of sp³-hybridized carbons (Fsp3) is 0.500. The highest BCUT2D eigenvalue weighted by atomic mass is 35.6. The maximum Gasteiger partial charge on any atom is 0.416 e. The first kappa shape index (κ1) is 23.6. The molecule has 0 radical (unpaired) electrons. The van der Waals surface area contributed by atoms with Crippen LogP contribution in [0.4, 0.5) is 18.9 Å². The smallest absolute Gasteiger partial charge is 0.339 e. The molecule has 1 aliphatic rings. The molecule has 0 aliphatic heterocycles. The quantitative estimate of drug-likeness (QED) is 0.286. The van der Waals surface area contributed by atoms with Crippen LogP contribution in [0.5, 0.6) is 0 Å². The molecule has 3 N–H and O–H groups in total. The molecule has 1 fully saturated rings. The lowest BCUT2D eigenvalue weighted by Gasteiger charge is -2.29. The second-order valence-electron chi connectivity index (χ2n) is 6.26. The zero-order valence-corrected chi connectivity index (χ0v) is 18.0. The van der Waals surface area contributed by atoms with Crippen LogP contribution in [-0.4, -0.2) is 21.0 Å². The number of halogens is 7. The third kappa shape index (κ3) is 6.69. The van der Waals surface area contributed by atoms with Gasteiger partial charge in [0.15, 0.2) is 5.11 Å². The molecule has 0 unspecified atom stereocenters. The molecule has 1 atom stereocenters. The van der Waals surface area contributed by atoms with Crippen molar-refractivity contribution >= 4 is 75.3 Å². The Morgan fingerprint density at radius 1 is 1.14 bits per heavy atom. The van der Waals surface area contributed by atoms with Crippen LogP contribution in [0, 0.1) is 5.92 Å². The van der Waals surface area contributed by atoms with Crippen molar-refractivity contribution in [3.8, 4) is 0 Å². The Morgan fingerprint density at radius 2 is 1.75 bits per heavy atom. The fourth-order valence-corrected chi connectivity index (χ4v) is 3.45. The first-order chi connectivity index (χ1) is 12.9. The predicted molar refractivity (Wildman–Crippen MR) is 110 cm³/mol. The Bertz CT molecular complexity index is 737. The number of carbonyl (C=O) groups excluding carboxylic acids is 1. The van der Waals surface area contributed by atoms with Gasteiger partial charge in [-0.2, -0.15) is 13.2 Å². The van der Waals surface area contributed by atoms with Crippen LogP contribution in [-0.2, 0) is 11.0 Å². The number of carbonyl (C=O) groups is 1. The second-order valence-corrected chi connectivity index (χ2v) is 9.44. The average Bonchev–Trinajstić information content (AvgIpc) is 3.09. The van der Waals surface area contributed by atoms with E-state index in [0.717, 1.165) is 43.9 Å². The molecule has 1 aromatic rings. The molecule has 1 amide bonds. The number of rotatable bonds is 4. The molecule has 0 bridgehead atoms. The van der Waals surface area contributed by atoms with E-state index in [-0.39, 0.29) is 27.6 Å². The van der Waals surface area contributed by atoms with Crippen molar-refractivity contribution in [1.82, 2.24) is 10.6 Å². The van der Waals surface area contributed by atoms with Crippen LogP contribution in [0.25, 0.3) is 0 Å². The highest BCUT2D eigenvalue weighted by molar-refractivity contribution is 7.80. The molecule has 1 saturated carbocycles. The maximum absolute atomic E-state index is 12.9. The summed E-state index contributed by atoms with van der Waals surface area (Å²) >= 11 is 28.7. The molecule has 156 valence electrons. The summed E-state index contributed by atoms with van der Waals surface area (Å²) in [6, 6.07) is 2.73. The summed E-state index contributed by atoms with van der Waals surface area (Å²) in [6.45, 7) is 0. The predicted octanol–water partition coefficient (Wildman–Crippen LogP) is 5.65. The standard InChI is InChI=1S/C16H16Cl4F3N3OS/c17-10-6-5-9(16(21,22)23)7-11(10)24-14(28)26-13(15(18,19)20)25-12(27)8-3-1-2-4-8/h5-8,13H,1-4H2,(H,25,27)(H2,24,26,28)/t13-/m1/s1. The molecule has 28 heavy (non-hydrogen) atoms. The zero-order chi connectivity index (χ0) is 21.1. The third-order valence-electron chi connectivity index (χ3n) is 4.16.